The lowest BCUT2D eigenvalue weighted by Crippen LogP contribution is -2.50. The molecule has 1 aliphatic carbocycles. The first-order valence-electron chi connectivity index (χ1n) is 9.14. The zero-order valence-corrected chi connectivity index (χ0v) is 14.3. The number of carbonyl (C=O) groups excluding carboxylic acids is 1. The molecule has 3 N–H and O–H groups in total. The summed E-state index contributed by atoms with van der Waals surface area (Å²) in [7, 11) is 0. The fourth-order valence-corrected chi connectivity index (χ4v) is 3.75. The van der Waals surface area contributed by atoms with Crippen molar-refractivity contribution < 1.29 is 9.90 Å². The van der Waals surface area contributed by atoms with Crippen LogP contribution in [-0.2, 0) is 6.54 Å². The molecule has 2 amide bonds. The second kappa shape index (κ2) is 7.98. The van der Waals surface area contributed by atoms with E-state index in [9.17, 15) is 9.90 Å². The number of nitrogens with zero attached hydrogens (tertiary/aromatic N) is 3. The summed E-state index contributed by atoms with van der Waals surface area (Å²) in [6.07, 6.45) is 11.2. The highest BCUT2D eigenvalue weighted by Gasteiger charge is 2.34. The van der Waals surface area contributed by atoms with Gasteiger partial charge in [-0.1, -0.05) is 19.3 Å². The van der Waals surface area contributed by atoms with Crippen LogP contribution in [0.1, 0.15) is 44.9 Å². The van der Waals surface area contributed by atoms with Gasteiger partial charge in [-0.15, -0.1) is 0 Å². The molecule has 3 rings (SSSR count). The molecule has 0 bridgehead atoms. The van der Waals surface area contributed by atoms with E-state index in [2.05, 4.69) is 20.6 Å². The van der Waals surface area contributed by atoms with E-state index in [0.717, 1.165) is 38.8 Å². The predicted molar refractivity (Wildman–Crippen MR) is 93.0 cm³/mol. The van der Waals surface area contributed by atoms with E-state index < -0.39 is 5.54 Å². The Morgan fingerprint density at radius 2 is 1.92 bits per heavy atom. The Balaban J connectivity index is 1.45. The Bertz CT molecular complexity index is 533. The van der Waals surface area contributed by atoms with Gasteiger partial charge in [-0.3, -0.25) is 4.68 Å². The van der Waals surface area contributed by atoms with Gasteiger partial charge in [-0.25, -0.2) is 4.79 Å². The van der Waals surface area contributed by atoms with Crippen LogP contribution < -0.4 is 10.6 Å². The van der Waals surface area contributed by atoms with Gasteiger partial charge < -0.3 is 20.6 Å². The number of carbonyl (C=O) groups is 1. The molecule has 0 radical (unpaired) electrons. The van der Waals surface area contributed by atoms with E-state index in [1.54, 1.807) is 6.20 Å². The van der Waals surface area contributed by atoms with E-state index >= 15 is 0 Å². The van der Waals surface area contributed by atoms with Crippen molar-refractivity contribution in [1.82, 2.24) is 20.0 Å². The number of amides is 2. The minimum Gasteiger partial charge on any atom is -0.394 e. The molecule has 7 heteroatoms. The van der Waals surface area contributed by atoms with Crippen LogP contribution in [0.4, 0.5) is 10.5 Å². The molecule has 1 saturated heterocycles. The fourth-order valence-electron chi connectivity index (χ4n) is 3.75. The number of aliphatic hydroxyl groups is 1. The van der Waals surface area contributed by atoms with Crippen molar-refractivity contribution in [2.24, 2.45) is 0 Å². The second-order valence-corrected chi connectivity index (χ2v) is 7.12. The Morgan fingerprint density at radius 1 is 1.17 bits per heavy atom. The van der Waals surface area contributed by atoms with Gasteiger partial charge in [0.1, 0.15) is 0 Å². The average Bonchev–Trinajstić information content (AvgIpc) is 3.24. The molecule has 1 saturated carbocycles. The fraction of sp³-hybridized carbons (Fsp3) is 0.765. The molecule has 0 atom stereocenters. The number of likely N-dealkylation sites (tertiary alicyclic amines) is 1. The summed E-state index contributed by atoms with van der Waals surface area (Å²) >= 11 is 0. The van der Waals surface area contributed by atoms with Gasteiger partial charge in [0.05, 0.1) is 30.6 Å². The maximum absolute atomic E-state index is 12.2. The van der Waals surface area contributed by atoms with Gasteiger partial charge in [0.25, 0.3) is 0 Å². The van der Waals surface area contributed by atoms with Crippen LogP contribution >= 0.6 is 0 Å². The number of rotatable bonds is 6. The molecule has 2 fully saturated rings. The van der Waals surface area contributed by atoms with Crippen molar-refractivity contribution >= 4 is 11.7 Å². The van der Waals surface area contributed by atoms with Crippen LogP contribution in [0, 0.1) is 0 Å². The predicted octanol–water partition coefficient (Wildman–Crippen LogP) is 1.80. The number of aromatic nitrogens is 2. The molecule has 2 heterocycles. The molecule has 0 spiro atoms. The Kier molecular flexibility index (Phi) is 5.73. The Morgan fingerprint density at radius 3 is 2.62 bits per heavy atom. The summed E-state index contributed by atoms with van der Waals surface area (Å²) < 4.78 is 1.88. The second-order valence-electron chi connectivity index (χ2n) is 7.12. The molecule has 1 aliphatic heterocycles. The van der Waals surface area contributed by atoms with Crippen LogP contribution in [0.3, 0.4) is 0 Å². The monoisotopic (exact) mass is 335 g/mol. The Hall–Kier alpha value is -1.60. The van der Waals surface area contributed by atoms with Crippen LogP contribution in [0.2, 0.25) is 0 Å². The third kappa shape index (κ3) is 4.48. The van der Waals surface area contributed by atoms with Gasteiger partial charge in [0, 0.05) is 12.7 Å². The maximum Gasteiger partial charge on any atom is 0.319 e. The van der Waals surface area contributed by atoms with E-state index in [0.29, 0.717) is 5.69 Å². The number of urea groups is 1. The number of anilines is 1. The first-order chi connectivity index (χ1) is 11.7. The van der Waals surface area contributed by atoms with Crippen LogP contribution in [-0.4, -0.2) is 57.6 Å². The summed E-state index contributed by atoms with van der Waals surface area (Å²) in [5, 5.41) is 19.7. The normalized spacial score (nSPS) is 20.9. The minimum atomic E-state index is -0.450. The summed E-state index contributed by atoms with van der Waals surface area (Å²) in [6, 6.07) is -0.262. The highest BCUT2D eigenvalue weighted by molar-refractivity contribution is 5.89. The molecule has 0 unspecified atom stereocenters. The van der Waals surface area contributed by atoms with Gasteiger partial charge in [-0.2, -0.15) is 5.10 Å². The molecule has 24 heavy (non-hydrogen) atoms. The molecular formula is C17H29N5O2. The van der Waals surface area contributed by atoms with Crippen molar-refractivity contribution in [3.63, 3.8) is 0 Å². The number of piperidine rings is 1. The summed E-state index contributed by atoms with van der Waals surface area (Å²) in [5.41, 5.74) is 0.242. The van der Waals surface area contributed by atoms with Gasteiger partial charge in [0.2, 0.25) is 0 Å². The molecule has 0 aromatic carbocycles. The number of hydrogen-bond donors (Lipinski definition) is 3. The summed E-state index contributed by atoms with van der Waals surface area (Å²) in [4.78, 5) is 14.6. The first kappa shape index (κ1) is 17.2. The molecule has 7 nitrogen and oxygen atoms in total. The van der Waals surface area contributed by atoms with Gasteiger partial charge in [-0.05, 0) is 38.8 Å². The standard InChI is InChI=1S/C17H29N5O2/c23-14-17(6-2-3-7-17)20-16(24)19-15-12-18-22(13-15)11-10-21-8-4-1-5-9-21/h12-13,23H,1-11,14H2,(H2,19,20,24). The molecular weight excluding hydrogens is 306 g/mol. The average molecular weight is 335 g/mol. The van der Waals surface area contributed by atoms with Gasteiger partial charge in [0.15, 0.2) is 0 Å². The lowest BCUT2D eigenvalue weighted by atomic mass is 9.99. The van der Waals surface area contributed by atoms with Crippen LogP contribution in [0.15, 0.2) is 12.4 Å². The molecule has 1 aromatic heterocycles. The van der Waals surface area contributed by atoms with Crippen molar-refractivity contribution in [1.29, 1.82) is 0 Å². The molecule has 1 aromatic rings. The van der Waals surface area contributed by atoms with E-state index in [1.807, 2.05) is 10.9 Å². The summed E-state index contributed by atoms with van der Waals surface area (Å²) in [5.74, 6) is 0. The zero-order chi connectivity index (χ0) is 16.8. The largest absolute Gasteiger partial charge is 0.394 e. The maximum atomic E-state index is 12.2. The number of aliphatic hydroxyl groups excluding tert-OH is 1. The van der Waals surface area contributed by atoms with Crippen molar-refractivity contribution in [3.8, 4) is 0 Å². The van der Waals surface area contributed by atoms with Crippen LogP contribution in [0.5, 0.6) is 0 Å². The highest BCUT2D eigenvalue weighted by atomic mass is 16.3. The molecule has 134 valence electrons. The zero-order valence-electron chi connectivity index (χ0n) is 14.3. The number of hydrogen-bond acceptors (Lipinski definition) is 4. The van der Waals surface area contributed by atoms with Crippen molar-refractivity contribution in [2.75, 3.05) is 31.6 Å². The lowest BCUT2D eigenvalue weighted by molar-refractivity contribution is 0.167. The minimum absolute atomic E-state index is 0.00445. The Labute approximate surface area is 143 Å². The topological polar surface area (TPSA) is 82.4 Å². The van der Waals surface area contributed by atoms with Crippen molar-refractivity contribution in [2.45, 2.75) is 57.0 Å². The third-order valence-corrected chi connectivity index (χ3v) is 5.23. The van der Waals surface area contributed by atoms with Crippen LogP contribution in [0.25, 0.3) is 0 Å². The number of nitrogens with one attached hydrogen (secondary N) is 2. The quantitative estimate of drug-likeness (QED) is 0.740. The molecule has 2 aliphatic rings. The van der Waals surface area contributed by atoms with Gasteiger partial charge >= 0.3 is 6.03 Å². The van der Waals surface area contributed by atoms with E-state index in [1.165, 1.54) is 32.4 Å². The summed E-state index contributed by atoms with van der Waals surface area (Å²) in [6.45, 7) is 4.19. The van der Waals surface area contributed by atoms with E-state index in [-0.39, 0.29) is 12.6 Å². The smallest absolute Gasteiger partial charge is 0.319 e. The third-order valence-electron chi connectivity index (χ3n) is 5.23. The van der Waals surface area contributed by atoms with E-state index in [4.69, 9.17) is 0 Å². The first-order valence-corrected chi connectivity index (χ1v) is 9.14. The van der Waals surface area contributed by atoms with Crippen molar-refractivity contribution in [3.05, 3.63) is 12.4 Å². The lowest BCUT2D eigenvalue weighted by Gasteiger charge is -2.27. The SMILES string of the molecule is O=C(Nc1cnn(CCN2CCCCC2)c1)NC1(CO)CCCC1. The highest BCUT2D eigenvalue weighted by Crippen LogP contribution is 2.29.